The molecule has 2 atom stereocenters. The van der Waals surface area contributed by atoms with Crippen LogP contribution in [0.5, 0.6) is 0 Å². The molecule has 0 saturated carbocycles. The van der Waals surface area contributed by atoms with Gasteiger partial charge in [0.25, 0.3) is 0 Å². The lowest BCUT2D eigenvalue weighted by atomic mass is 10.0. The number of ether oxygens (including phenoxy) is 1. The maximum absolute atomic E-state index is 15.0. The van der Waals surface area contributed by atoms with Crippen molar-refractivity contribution in [1.29, 1.82) is 0 Å². The zero-order valence-corrected chi connectivity index (χ0v) is 20.7. The molecule has 3 aromatic heterocycles. The van der Waals surface area contributed by atoms with E-state index in [2.05, 4.69) is 25.4 Å². The van der Waals surface area contributed by atoms with Crippen LogP contribution in [-0.2, 0) is 17.9 Å². The number of hydrogen-bond donors (Lipinski definition) is 2. The molecule has 0 radical (unpaired) electrons. The highest BCUT2D eigenvalue weighted by molar-refractivity contribution is 6.33. The van der Waals surface area contributed by atoms with Crippen LogP contribution in [0.2, 0.25) is 5.02 Å². The van der Waals surface area contributed by atoms with E-state index >= 15 is 4.39 Å². The fourth-order valence-corrected chi connectivity index (χ4v) is 4.96. The topological polar surface area (TPSA) is 103 Å². The van der Waals surface area contributed by atoms with Crippen LogP contribution in [0.25, 0.3) is 22.3 Å². The molecule has 2 N–H and O–H groups in total. The van der Waals surface area contributed by atoms with Gasteiger partial charge in [0, 0.05) is 25.3 Å². The Hall–Kier alpha value is -3.08. The average molecular weight is 500 g/mol. The number of nitrogens with one attached hydrogen (secondary N) is 1. The van der Waals surface area contributed by atoms with Gasteiger partial charge >= 0.3 is 0 Å². The monoisotopic (exact) mass is 499 g/mol. The highest BCUT2D eigenvalue weighted by Gasteiger charge is 2.31. The van der Waals surface area contributed by atoms with Gasteiger partial charge in [0.05, 0.1) is 52.6 Å². The van der Waals surface area contributed by atoms with Crippen LogP contribution in [-0.4, -0.2) is 47.6 Å². The molecule has 0 bridgehead atoms. The summed E-state index contributed by atoms with van der Waals surface area (Å²) < 4.78 is 24.1. The van der Waals surface area contributed by atoms with Gasteiger partial charge in [-0.05, 0) is 45.4 Å². The Bertz CT molecular complexity index is 1400. The summed E-state index contributed by atoms with van der Waals surface area (Å²) in [5.41, 5.74) is 3.49. The molecule has 184 valence electrons. The lowest BCUT2D eigenvalue weighted by molar-refractivity contribution is 0.116. The molecule has 0 saturated heterocycles. The normalized spacial score (nSPS) is 17.8. The Morgan fingerprint density at radius 2 is 2.09 bits per heavy atom. The number of methoxy groups -OCH3 is 1. The first-order valence-corrected chi connectivity index (χ1v) is 11.9. The largest absolute Gasteiger partial charge is 0.390 e. The van der Waals surface area contributed by atoms with Gasteiger partial charge < -0.3 is 19.7 Å². The van der Waals surface area contributed by atoms with Crippen molar-refractivity contribution in [2.45, 2.75) is 58.5 Å². The standard InChI is InChI=1S/C24H27ClFN7O2/c1-12(2)33-13(3)28-22-17(26)7-14(8-19(22)33)21-16(25)10-27-24(29-21)30-23-18-9-15(11-35-4)31-32(18)6-5-20(23)34/h7-10,12,20,23,34H,5-6,11H2,1-4H3,(H,27,29,30)/t20-,23-/m0/s1. The highest BCUT2D eigenvalue weighted by atomic mass is 35.5. The van der Waals surface area contributed by atoms with Gasteiger partial charge in [-0.3, -0.25) is 4.68 Å². The van der Waals surface area contributed by atoms with Gasteiger partial charge in [0.2, 0.25) is 5.95 Å². The first-order chi connectivity index (χ1) is 16.8. The van der Waals surface area contributed by atoms with Gasteiger partial charge in [-0.15, -0.1) is 0 Å². The number of imidazole rings is 1. The Labute approximate surface area is 206 Å². The summed E-state index contributed by atoms with van der Waals surface area (Å²) in [6, 6.07) is 4.77. The smallest absolute Gasteiger partial charge is 0.223 e. The molecule has 35 heavy (non-hydrogen) atoms. The average Bonchev–Trinajstić information content (AvgIpc) is 3.37. The van der Waals surface area contributed by atoms with Crippen LogP contribution >= 0.6 is 11.6 Å². The molecule has 4 heterocycles. The van der Waals surface area contributed by atoms with Crippen molar-refractivity contribution in [2.24, 2.45) is 0 Å². The quantitative estimate of drug-likeness (QED) is 0.404. The zero-order valence-electron chi connectivity index (χ0n) is 20.0. The summed E-state index contributed by atoms with van der Waals surface area (Å²) in [5.74, 6) is 0.560. The maximum Gasteiger partial charge on any atom is 0.223 e. The van der Waals surface area contributed by atoms with Crippen LogP contribution in [0.4, 0.5) is 10.3 Å². The Morgan fingerprint density at radius 1 is 1.29 bits per heavy atom. The number of rotatable bonds is 6. The van der Waals surface area contributed by atoms with Gasteiger partial charge in [-0.1, -0.05) is 11.6 Å². The number of nitrogens with zero attached hydrogens (tertiary/aromatic N) is 6. The molecule has 5 rings (SSSR count). The van der Waals surface area contributed by atoms with Gasteiger partial charge in [-0.25, -0.2) is 19.3 Å². The number of fused-ring (bicyclic) bond motifs is 2. The van der Waals surface area contributed by atoms with Gasteiger partial charge in [0.1, 0.15) is 11.3 Å². The molecule has 0 spiro atoms. The summed E-state index contributed by atoms with van der Waals surface area (Å²) in [6.45, 7) is 6.89. The summed E-state index contributed by atoms with van der Waals surface area (Å²) in [6.07, 6.45) is 1.34. The number of aromatic nitrogens is 6. The molecule has 0 fully saturated rings. The fraction of sp³-hybridized carbons (Fsp3) is 0.417. The SMILES string of the molecule is COCc1cc2n(n1)CC[C@H](O)[C@H]2Nc1ncc(Cl)c(-c2cc(F)c3nc(C)n(C(C)C)c3c2)n1. The molecule has 0 aliphatic carbocycles. The third-order valence-corrected chi connectivity index (χ3v) is 6.51. The molecule has 4 aromatic rings. The van der Waals surface area contributed by atoms with Crippen LogP contribution in [0.15, 0.2) is 24.4 Å². The van der Waals surface area contributed by atoms with E-state index in [0.29, 0.717) is 46.9 Å². The number of aliphatic hydroxyl groups excluding tert-OH is 1. The number of halogens is 2. The fourth-order valence-electron chi connectivity index (χ4n) is 4.76. The van der Waals surface area contributed by atoms with Crippen LogP contribution in [0.1, 0.15) is 49.6 Å². The predicted molar refractivity (Wildman–Crippen MR) is 131 cm³/mol. The summed E-state index contributed by atoms with van der Waals surface area (Å²) in [7, 11) is 1.61. The number of anilines is 1. The molecular formula is C24H27ClFN7O2. The summed E-state index contributed by atoms with van der Waals surface area (Å²) >= 11 is 6.46. The molecule has 0 unspecified atom stereocenters. The number of hydrogen-bond acceptors (Lipinski definition) is 7. The van der Waals surface area contributed by atoms with Crippen molar-refractivity contribution in [3.05, 3.63) is 52.4 Å². The van der Waals surface area contributed by atoms with Crippen LogP contribution in [0, 0.1) is 12.7 Å². The maximum atomic E-state index is 15.0. The van der Waals surface area contributed by atoms with E-state index in [1.165, 1.54) is 12.3 Å². The van der Waals surface area contributed by atoms with Crippen molar-refractivity contribution in [1.82, 2.24) is 29.3 Å². The van der Waals surface area contributed by atoms with Crippen molar-refractivity contribution in [2.75, 3.05) is 12.4 Å². The van der Waals surface area contributed by atoms with Crippen LogP contribution in [0.3, 0.4) is 0 Å². The first kappa shape index (κ1) is 23.7. The van der Waals surface area contributed by atoms with Crippen molar-refractivity contribution >= 4 is 28.6 Å². The van der Waals surface area contributed by atoms with E-state index in [-0.39, 0.29) is 12.0 Å². The zero-order chi connectivity index (χ0) is 24.9. The lowest BCUT2D eigenvalue weighted by Crippen LogP contribution is -2.34. The third kappa shape index (κ3) is 4.26. The Morgan fingerprint density at radius 3 is 2.83 bits per heavy atom. The molecule has 1 aliphatic rings. The van der Waals surface area contributed by atoms with Gasteiger partial charge in [-0.2, -0.15) is 5.10 Å². The van der Waals surface area contributed by atoms with E-state index in [9.17, 15) is 5.11 Å². The first-order valence-electron chi connectivity index (χ1n) is 11.5. The second-order valence-electron chi connectivity index (χ2n) is 9.03. The van der Waals surface area contributed by atoms with Crippen molar-refractivity contribution in [3.8, 4) is 11.3 Å². The Kier molecular flexibility index (Phi) is 6.20. The van der Waals surface area contributed by atoms with Crippen LogP contribution < -0.4 is 5.32 Å². The second-order valence-corrected chi connectivity index (χ2v) is 9.44. The minimum Gasteiger partial charge on any atom is -0.390 e. The molecule has 9 nitrogen and oxygen atoms in total. The predicted octanol–water partition coefficient (Wildman–Crippen LogP) is 4.44. The molecule has 1 aromatic carbocycles. The minimum atomic E-state index is -0.658. The lowest BCUT2D eigenvalue weighted by Gasteiger charge is -2.29. The van der Waals surface area contributed by atoms with E-state index in [1.54, 1.807) is 7.11 Å². The van der Waals surface area contributed by atoms with E-state index in [4.69, 9.17) is 16.3 Å². The number of aryl methyl sites for hydroxylation is 2. The Balaban J connectivity index is 1.53. The third-order valence-electron chi connectivity index (χ3n) is 6.24. The highest BCUT2D eigenvalue weighted by Crippen LogP contribution is 2.34. The molecular weight excluding hydrogens is 473 g/mol. The van der Waals surface area contributed by atoms with Gasteiger partial charge in [0.15, 0.2) is 5.82 Å². The van der Waals surface area contributed by atoms with Crippen molar-refractivity contribution in [3.63, 3.8) is 0 Å². The van der Waals surface area contributed by atoms with E-state index < -0.39 is 18.0 Å². The minimum absolute atomic E-state index is 0.105. The number of benzene rings is 1. The van der Waals surface area contributed by atoms with Crippen molar-refractivity contribution < 1.29 is 14.2 Å². The second kappa shape index (κ2) is 9.18. The summed E-state index contributed by atoms with van der Waals surface area (Å²) in [4.78, 5) is 13.3. The molecule has 11 heteroatoms. The molecule has 0 amide bonds. The van der Waals surface area contributed by atoms with E-state index in [1.807, 2.05) is 42.2 Å². The van der Waals surface area contributed by atoms with E-state index in [0.717, 1.165) is 17.2 Å². The number of aliphatic hydroxyl groups is 1. The summed E-state index contributed by atoms with van der Waals surface area (Å²) in [5, 5.41) is 18.8. The molecule has 1 aliphatic heterocycles.